The SMILES string of the molecule is CCN(Cc1nnc(-c2ccccc2)o1)c1cccc(C)c1. The van der Waals surface area contributed by atoms with Gasteiger partial charge in [0.1, 0.15) is 0 Å². The van der Waals surface area contributed by atoms with Crippen molar-refractivity contribution in [3.8, 4) is 11.5 Å². The van der Waals surface area contributed by atoms with Crippen molar-refractivity contribution < 1.29 is 4.42 Å². The largest absolute Gasteiger partial charge is 0.419 e. The second-order valence-corrected chi connectivity index (χ2v) is 5.22. The molecule has 22 heavy (non-hydrogen) atoms. The Morgan fingerprint density at radius 1 is 1.00 bits per heavy atom. The summed E-state index contributed by atoms with van der Waals surface area (Å²) in [6.45, 7) is 5.71. The van der Waals surface area contributed by atoms with Gasteiger partial charge in [0.25, 0.3) is 0 Å². The minimum Gasteiger partial charge on any atom is -0.419 e. The van der Waals surface area contributed by atoms with E-state index in [4.69, 9.17) is 4.42 Å². The summed E-state index contributed by atoms with van der Waals surface area (Å²) < 4.78 is 5.79. The summed E-state index contributed by atoms with van der Waals surface area (Å²) in [5.41, 5.74) is 3.35. The van der Waals surface area contributed by atoms with Crippen molar-refractivity contribution in [2.24, 2.45) is 0 Å². The number of aromatic nitrogens is 2. The molecule has 2 aromatic carbocycles. The van der Waals surface area contributed by atoms with Crippen LogP contribution in [0.3, 0.4) is 0 Å². The standard InChI is InChI=1S/C18H19N3O/c1-3-21(16-11-7-8-14(2)12-16)13-17-19-20-18(22-17)15-9-5-4-6-10-15/h4-12H,3,13H2,1-2H3. The first-order chi connectivity index (χ1) is 10.8. The third kappa shape index (κ3) is 3.17. The molecule has 0 saturated carbocycles. The van der Waals surface area contributed by atoms with E-state index in [2.05, 4.69) is 53.2 Å². The van der Waals surface area contributed by atoms with E-state index in [-0.39, 0.29) is 0 Å². The van der Waals surface area contributed by atoms with Gasteiger partial charge in [0.05, 0.1) is 6.54 Å². The van der Waals surface area contributed by atoms with Crippen molar-refractivity contribution in [1.29, 1.82) is 0 Å². The number of benzene rings is 2. The van der Waals surface area contributed by atoms with Crippen molar-refractivity contribution >= 4 is 5.69 Å². The summed E-state index contributed by atoms with van der Waals surface area (Å²) in [5, 5.41) is 8.31. The number of aryl methyl sites for hydroxylation is 1. The summed E-state index contributed by atoms with van der Waals surface area (Å²) >= 11 is 0. The zero-order chi connectivity index (χ0) is 15.4. The normalized spacial score (nSPS) is 10.6. The summed E-state index contributed by atoms with van der Waals surface area (Å²) in [4.78, 5) is 2.22. The number of anilines is 1. The fraction of sp³-hybridized carbons (Fsp3) is 0.222. The molecule has 4 nitrogen and oxygen atoms in total. The van der Waals surface area contributed by atoms with Crippen LogP contribution in [0.4, 0.5) is 5.69 Å². The van der Waals surface area contributed by atoms with E-state index in [9.17, 15) is 0 Å². The molecule has 0 saturated heterocycles. The Kier molecular flexibility index (Phi) is 4.19. The molecule has 0 fully saturated rings. The molecular weight excluding hydrogens is 274 g/mol. The maximum atomic E-state index is 5.79. The molecule has 0 amide bonds. The highest BCUT2D eigenvalue weighted by Gasteiger charge is 2.12. The number of hydrogen-bond donors (Lipinski definition) is 0. The van der Waals surface area contributed by atoms with Gasteiger partial charge < -0.3 is 9.32 Å². The van der Waals surface area contributed by atoms with Crippen LogP contribution in [0.15, 0.2) is 59.0 Å². The topological polar surface area (TPSA) is 42.2 Å². The Morgan fingerprint density at radius 2 is 1.82 bits per heavy atom. The Hall–Kier alpha value is -2.62. The van der Waals surface area contributed by atoms with Gasteiger partial charge in [-0.05, 0) is 43.7 Å². The van der Waals surface area contributed by atoms with Gasteiger partial charge in [-0.2, -0.15) is 0 Å². The molecule has 0 aliphatic rings. The fourth-order valence-electron chi connectivity index (χ4n) is 2.39. The molecule has 0 spiro atoms. The van der Waals surface area contributed by atoms with Gasteiger partial charge in [0.15, 0.2) is 0 Å². The van der Waals surface area contributed by atoms with Gasteiger partial charge >= 0.3 is 0 Å². The molecule has 0 aliphatic carbocycles. The predicted octanol–water partition coefficient (Wildman–Crippen LogP) is 4.07. The minimum absolute atomic E-state index is 0.566. The molecule has 0 radical (unpaired) electrons. The van der Waals surface area contributed by atoms with Crippen LogP contribution in [-0.4, -0.2) is 16.7 Å². The Balaban J connectivity index is 1.79. The molecule has 3 rings (SSSR count). The molecule has 0 atom stereocenters. The fourth-order valence-corrected chi connectivity index (χ4v) is 2.39. The minimum atomic E-state index is 0.566. The second kappa shape index (κ2) is 6.43. The van der Waals surface area contributed by atoms with Crippen LogP contribution in [-0.2, 0) is 6.54 Å². The van der Waals surface area contributed by atoms with Crippen LogP contribution in [0.2, 0.25) is 0 Å². The van der Waals surface area contributed by atoms with Gasteiger partial charge in [-0.1, -0.05) is 30.3 Å². The zero-order valence-electron chi connectivity index (χ0n) is 12.9. The van der Waals surface area contributed by atoms with E-state index >= 15 is 0 Å². The molecule has 4 heteroatoms. The monoisotopic (exact) mass is 293 g/mol. The Bertz CT molecular complexity index is 737. The molecule has 0 bridgehead atoms. The van der Waals surface area contributed by atoms with Crippen molar-refractivity contribution in [2.45, 2.75) is 20.4 Å². The highest BCUT2D eigenvalue weighted by molar-refractivity contribution is 5.52. The smallest absolute Gasteiger partial charge is 0.247 e. The molecule has 3 aromatic rings. The summed E-state index contributed by atoms with van der Waals surface area (Å²) in [7, 11) is 0. The van der Waals surface area contributed by atoms with Gasteiger partial charge in [-0.15, -0.1) is 10.2 Å². The Labute approximate surface area is 130 Å². The van der Waals surface area contributed by atoms with Crippen LogP contribution >= 0.6 is 0 Å². The molecule has 112 valence electrons. The van der Waals surface area contributed by atoms with E-state index in [0.717, 1.165) is 12.1 Å². The maximum absolute atomic E-state index is 5.79. The van der Waals surface area contributed by atoms with E-state index in [1.54, 1.807) is 0 Å². The Morgan fingerprint density at radius 3 is 2.55 bits per heavy atom. The third-order valence-corrected chi connectivity index (χ3v) is 3.56. The summed E-state index contributed by atoms with van der Waals surface area (Å²) in [5.74, 6) is 1.19. The lowest BCUT2D eigenvalue weighted by molar-refractivity contribution is 0.499. The lowest BCUT2D eigenvalue weighted by atomic mass is 10.2. The molecule has 1 heterocycles. The quantitative estimate of drug-likeness (QED) is 0.711. The second-order valence-electron chi connectivity index (χ2n) is 5.22. The molecule has 1 aromatic heterocycles. The first-order valence-electron chi connectivity index (χ1n) is 7.45. The first kappa shape index (κ1) is 14.3. The third-order valence-electron chi connectivity index (χ3n) is 3.56. The number of nitrogens with zero attached hydrogens (tertiary/aromatic N) is 3. The van der Waals surface area contributed by atoms with Gasteiger partial charge in [-0.3, -0.25) is 0 Å². The zero-order valence-corrected chi connectivity index (χ0v) is 12.9. The van der Waals surface area contributed by atoms with E-state index in [1.165, 1.54) is 11.3 Å². The maximum Gasteiger partial charge on any atom is 0.247 e. The van der Waals surface area contributed by atoms with Crippen LogP contribution < -0.4 is 4.90 Å². The molecule has 0 unspecified atom stereocenters. The summed E-state index contributed by atoms with van der Waals surface area (Å²) in [6, 6.07) is 18.3. The van der Waals surface area contributed by atoms with Crippen LogP contribution in [0, 0.1) is 6.92 Å². The highest BCUT2D eigenvalue weighted by atomic mass is 16.4. The van der Waals surface area contributed by atoms with E-state index in [0.29, 0.717) is 18.3 Å². The first-order valence-corrected chi connectivity index (χ1v) is 7.45. The van der Waals surface area contributed by atoms with Gasteiger partial charge in [-0.25, -0.2) is 0 Å². The number of hydrogen-bond acceptors (Lipinski definition) is 4. The average molecular weight is 293 g/mol. The van der Waals surface area contributed by atoms with Gasteiger partial charge in [0.2, 0.25) is 11.8 Å². The number of rotatable bonds is 5. The van der Waals surface area contributed by atoms with Crippen molar-refractivity contribution in [2.75, 3.05) is 11.4 Å². The predicted molar refractivity (Wildman–Crippen MR) is 87.6 cm³/mol. The lowest BCUT2D eigenvalue weighted by Crippen LogP contribution is -2.22. The molecule has 0 aliphatic heterocycles. The highest BCUT2D eigenvalue weighted by Crippen LogP contribution is 2.21. The lowest BCUT2D eigenvalue weighted by Gasteiger charge is -2.21. The van der Waals surface area contributed by atoms with Crippen LogP contribution in [0.1, 0.15) is 18.4 Å². The molecule has 0 N–H and O–H groups in total. The van der Waals surface area contributed by atoms with E-state index in [1.807, 2.05) is 30.3 Å². The summed E-state index contributed by atoms with van der Waals surface area (Å²) in [6.07, 6.45) is 0. The van der Waals surface area contributed by atoms with Crippen LogP contribution in [0.5, 0.6) is 0 Å². The van der Waals surface area contributed by atoms with Crippen molar-refractivity contribution in [1.82, 2.24) is 10.2 Å². The van der Waals surface area contributed by atoms with Gasteiger partial charge in [0, 0.05) is 17.8 Å². The van der Waals surface area contributed by atoms with E-state index < -0.39 is 0 Å². The van der Waals surface area contributed by atoms with Crippen molar-refractivity contribution in [3.05, 3.63) is 66.1 Å². The average Bonchev–Trinajstić information content (AvgIpc) is 3.02. The van der Waals surface area contributed by atoms with Crippen molar-refractivity contribution in [3.63, 3.8) is 0 Å². The molecular formula is C18H19N3O. The van der Waals surface area contributed by atoms with Crippen LogP contribution in [0.25, 0.3) is 11.5 Å².